The number of carbonyl (C=O) groups is 2. The lowest BCUT2D eigenvalue weighted by atomic mass is 9.94. The van der Waals surface area contributed by atoms with Gasteiger partial charge in [0.25, 0.3) is 11.7 Å². The monoisotopic (exact) mass is 501 g/mol. The number of amides is 1. The summed E-state index contributed by atoms with van der Waals surface area (Å²) in [6.07, 6.45) is 2.13. The van der Waals surface area contributed by atoms with Crippen LogP contribution in [0, 0.1) is 5.82 Å². The highest BCUT2D eigenvalue weighted by Gasteiger charge is 2.46. The topological polar surface area (TPSA) is 76.1 Å². The number of benzene rings is 3. The second-order valence-electron chi connectivity index (χ2n) is 8.47. The Kier molecular flexibility index (Phi) is 8.03. The highest BCUT2D eigenvalue weighted by Crippen LogP contribution is 2.42. The Morgan fingerprint density at radius 3 is 2.43 bits per heavy atom. The van der Waals surface area contributed by atoms with E-state index in [0.29, 0.717) is 30.1 Å². The summed E-state index contributed by atoms with van der Waals surface area (Å²) in [5, 5.41) is 11.2. The molecule has 1 atom stereocenters. The van der Waals surface area contributed by atoms with E-state index in [9.17, 15) is 19.1 Å². The highest BCUT2D eigenvalue weighted by molar-refractivity contribution is 6.46. The number of aliphatic hydroxyl groups excluding tert-OH is 1. The summed E-state index contributed by atoms with van der Waals surface area (Å²) in [5.74, 6) is -1.43. The van der Waals surface area contributed by atoms with Crippen molar-refractivity contribution in [2.24, 2.45) is 0 Å². The summed E-state index contributed by atoms with van der Waals surface area (Å²) in [5.41, 5.74) is 1.76. The van der Waals surface area contributed by atoms with E-state index in [1.54, 1.807) is 24.3 Å². The standard InChI is InChI=1S/C30H28FNO5/c1-3-18-37-24-15-12-22(19-25(24)36-4-2)27-26(28(33)21-10-13-23(31)14-11-21)29(34)30(35)32(27)17-16-20-8-6-5-7-9-20/h3,5-15,19,27,33H,1,4,16-18H2,2H3. The first-order valence-corrected chi connectivity index (χ1v) is 12.0. The average Bonchev–Trinajstić information content (AvgIpc) is 3.17. The fourth-order valence-corrected chi connectivity index (χ4v) is 4.35. The van der Waals surface area contributed by atoms with Crippen LogP contribution >= 0.6 is 0 Å². The predicted molar refractivity (Wildman–Crippen MR) is 139 cm³/mol. The molecule has 1 heterocycles. The lowest BCUT2D eigenvalue weighted by Crippen LogP contribution is -2.31. The maximum absolute atomic E-state index is 13.5. The van der Waals surface area contributed by atoms with Crippen LogP contribution in [0.4, 0.5) is 4.39 Å². The van der Waals surface area contributed by atoms with Gasteiger partial charge in [0, 0.05) is 12.1 Å². The van der Waals surface area contributed by atoms with Crippen molar-refractivity contribution in [2.75, 3.05) is 19.8 Å². The van der Waals surface area contributed by atoms with E-state index >= 15 is 0 Å². The molecule has 4 rings (SSSR count). The predicted octanol–water partition coefficient (Wildman–Crippen LogP) is 5.45. The van der Waals surface area contributed by atoms with Gasteiger partial charge in [-0.25, -0.2) is 4.39 Å². The molecule has 1 aliphatic rings. The number of hydrogen-bond donors (Lipinski definition) is 1. The summed E-state index contributed by atoms with van der Waals surface area (Å²) in [6.45, 7) is 6.40. The highest BCUT2D eigenvalue weighted by atomic mass is 19.1. The zero-order valence-corrected chi connectivity index (χ0v) is 20.5. The zero-order chi connectivity index (χ0) is 26.4. The average molecular weight is 502 g/mol. The molecule has 3 aromatic carbocycles. The van der Waals surface area contributed by atoms with E-state index in [2.05, 4.69) is 6.58 Å². The fourth-order valence-electron chi connectivity index (χ4n) is 4.35. The maximum atomic E-state index is 13.5. The molecular formula is C30H28FNO5. The number of ether oxygens (including phenoxy) is 2. The molecule has 1 aliphatic heterocycles. The molecule has 1 saturated heterocycles. The molecule has 7 heteroatoms. The molecule has 0 bridgehead atoms. The SMILES string of the molecule is C=CCOc1ccc(C2C(=C(O)c3ccc(F)cc3)C(=O)C(=O)N2CCc2ccccc2)cc1OCC. The molecule has 0 saturated carbocycles. The lowest BCUT2D eigenvalue weighted by molar-refractivity contribution is -0.139. The van der Waals surface area contributed by atoms with E-state index in [1.165, 1.54) is 29.2 Å². The molecule has 1 N–H and O–H groups in total. The van der Waals surface area contributed by atoms with Gasteiger partial charge in [0.15, 0.2) is 11.5 Å². The number of rotatable bonds is 10. The minimum absolute atomic E-state index is 0.0631. The number of Topliss-reactive ketones (excluding diaryl/α,β-unsaturated/α-hetero) is 1. The van der Waals surface area contributed by atoms with E-state index in [1.807, 2.05) is 37.3 Å². The van der Waals surface area contributed by atoms with Crippen molar-refractivity contribution in [1.29, 1.82) is 0 Å². The minimum Gasteiger partial charge on any atom is -0.507 e. The number of ketones is 1. The van der Waals surface area contributed by atoms with Gasteiger partial charge in [0.05, 0.1) is 18.2 Å². The van der Waals surface area contributed by atoms with Gasteiger partial charge >= 0.3 is 0 Å². The van der Waals surface area contributed by atoms with Crippen LogP contribution in [-0.4, -0.2) is 41.5 Å². The van der Waals surface area contributed by atoms with Crippen LogP contribution in [0.3, 0.4) is 0 Å². The summed E-state index contributed by atoms with van der Waals surface area (Å²) >= 11 is 0. The lowest BCUT2D eigenvalue weighted by Gasteiger charge is -2.26. The van der Waals surface area contributed by atoms with Gasteiger partial charge in [-0.2, -0.15) is 0 Å². The third-order valence-electron chi connectivity index (χ3n) is 6.08. The largest absolute Gasteiger partial charge is 0.507 e. The number of halogens is 1. The van der Waals surface area contributed by atoms with Crippen molar-refractivity contribution >= 4 is 17.4 Å². The van der Waals surface area contributed by atoms with Crippen LogP contribution in [-0.2, 0) is 16.0 Å². The number of aliphatic hydroxyl groups is 1. The maximum Gasteiger partial charge on any atom is 0.295 e. The number of hydrogen-bond acceptors (Lipinski definition) is 5. The quantitative estimate of drug-likeness (QED) is 0.173. The molecule has 0 aliphatic carbocycles. The van der Waals surface area contributed by atoms with Crippen molar-refractivity contribution in [3.8, 4) is 11.5 Å². The van der Waals surface area contributed by atoms with Crippen LogP contribution in [0.15, 0.2) is 91.0 Å². The van der Waals surface area contributed by atoms with Crippen molar-refractivity contribution in [2.45, 2.75) is 19.4 Å². The van der Waals surface area contributed by atoms with Gasteiger partial charge in [0.2, 0.25) is 0 Å². The van der Waals surface area contributed by atoms with Gasteiger partial charge in [-0.15, -0.1) is 0 Å². The minimum atomic E-state index is -0.874. The van der Waals surface area contributed by atoms with Gasteiger partial charge in [0.1, 0.15) is 18.2 Å². The summed E-state index contributed by atoms with van der Waals surface area (Å²) in [7, 11) is 0. The van der Waals surface area contributed by atoms with Crippen LogP contribution < -0.4 is 9.47 Å². The Balaban J connectivity index is 1.81. The molecular weight excluding hydrogens is 473 g/mol. The first-order valence-electron chi connectivity index (χ1n) is 12.0. The number of likely N-dealkylation sites (tertiary alicyclic amines) is 1. The van der Waals surface area contributed by atoms with E-state index in [4.69, 9.17) is 9.47 Å². The van der Waals surface area contributed by atoms with Crippen molar-refractivity contribution < 1.29 is 28.6 Å². The Labute approximate surface area is 215 Å². The van der Waals surface area contributed by atoms with Gasteiger partial charge in [-0.1, -0.05) is 49.1 Å². The first kappa shape index (κ1) is 25.7. The molecule has 0 spiro atoms. The van der Waals surface area contributed by atoms with Crippen molar-refractivity contribution in [1.82, 2.24) is 4.90 Å². The molecule has 37 heavy (non-hydrogen) atoms. The van der Waals surface area contributed by atoms with Crippen molar-refractivity contribution in [3.63, 3.8) is 0 Å². The molecule has 190 valence electrons. The molecule has 0 radical (unpaired) electrons. The van der Waals surface area contributed by atoms with E-state index < -0.39 is 23.5 Å². The Morgan fingerprint density at radius 1 is 1.03 bits per heavy atom. The molecule has 1 amide bonds. The molecule has 1 unspecified atom stereocenters. The second kappa shape index (κ2) is 11.6. The van der Waals surface area contributed by atoms with Crippen LogP contribution in [0.1, 0.15) is 29.7 Å². The fraction of sp³-hybridized carbons (Fsp3) is 0.200. The van der Waals surface area contributed by atoms with Crippen molar-refractivity contribution in [3.05, 3.63) is 114 Å². The summed E-state index contributed by atoms with van der Waals surface area (Å²) in [4.78, 5) is 28.0. The number of nitrogens with zero attached hydrogens (tertiary/aromatic N) is 1. The smallest absolute Gasteiger partial charge is 0.295 e. The van der Waals surface area contributed by atoms with Gasteiger partial charge in [-0.05, 0) is 60.9 Å². The molecule has 1 fully saturated rings. The summed E-state index contributed by atoms with van der Waals surface area (Å²) < 4.78 is 25.0. The van der Waals surface area contributed by atoms with Crippen LogP contribution in [0.2, 0.25) is 0 Å². The van der Waals surface area contributed by atoms with E-state index in [-0.39, 0.29) is 30.0 Å². The van der Waals surface area contributed by atoms with Gasteiger partial charge < -0.3 is 19.5 Å². The first-order chi connectivity index (χ1) is 17.9. The molecule has 3 aromatic rings. The molecule has 6 nitrogen and oxygen atoms in total. The third kappa shape index (κ3) is 5.56. The number of carbonyl (C=O) groups excluding carboxylic acids is 2. The Morgan fingerprint density at radius 2 is 1.76 bits per heavy atom. The second-order valence-corrected chi connectivity index (χ2v) is 8.47. The van der Waals surface area contributed by atoms with E-state index in [0.717, 1.165) is 5.56 Å². The van der Waals surface area contributed by atoms with Crippen LogP contribution in [0.5, 0.6) is 11.5 Å². The normalized spacial score (nSPS) is 16.6. The summed E-state index contributed by atoms with van der Waals surface area (Å²) in [6, 6.07) is 19.0. The Hall–Kier alpha value is -4.39. The molecule has 0 aromatic heterocycles. The van der Waals surface area contributed by atoms with Crippen LogP contribution in [0.25, 0.3) is 5.76 Å². The third-order valence-corrected chi connectivity index (χ3v) is 6.08. The zero-order valence-electron chi connectivity index (χ0n) is 20.5. The Bertz CT molecular complexity index is 1320. The van der Waals surface area contributed by atoms with Gasteiger partial charge in [-0.3, -0.25) is 9.59 Å².